The van der Waals surface area contributed by atoms with Crippen LogP contribution in [-0.2, 0) is 0 Å². The third-order valence-electron chi connectivity index (χ3n) is 1.49. The molecular formula is C7H5BrF3N. The lowest BCUT2D eigenvalue weighted by Crippen LogP contribution is -1.98. The highest BCUT2D eigenvalue weighted by molar-refractivity contribution is 9.10. The van der Waals surface area contributed by atoms with E-state index in [-0.39, 0.29) is 5.56 Å². The maximum absolute atomic E-state index is 12.7. The molecule has 0 saturated carbocycles. The molecule has 0 aliphatic carbocycles. The summed E-state index contributed by atoms with van der Waals surface area (Å²) in [5.74, 6) is -1.11. The van der Waals surface area contributed by atoms with Crippen molar-refractivity contribution in [1.82, 2.24) is 4.98 Å². The zero-order valence-corrected chi connectivity index (χ0v) is 7.70. The summed E-state index contributed by atoms with van der Waals surface area (Å²) in [6.07, 6.45) is -1.66. The van der Waals surface area contributed by atoms with E-state index in [9.17, 15) is 13.2 Å². The molecule has 0 atom stereocenters. The fraction of sp³-hybridized carbons (Fsp3) is 0.286. The number of aromatic nitrogens is 1. The molecule has 0 radical (unpaired) electrons. The van der Waals surface area contributed by atoms with E-state index in [1.165, 1.54) is 6.92 Å². The third kappa shape index (κ3) is 1.60. The molecule has 1 aromatic heterocycles. The second-order valence-electron chi connectivity index (χ2n) is 2.24. The van der Waals surface area contributed by atoms with Crippen LogP contribution in [-0.4, -0.2) is 4.98 Å². The largest absolute Gasteiger partial charge is 0.268 e. The third-order valence-corrected chi connectivity index (χ3v) is 2.29. The van der Waals surface area contributed by atoms with Gasteiger partial charge in [-0.15, -0.1) is 0 Å². The maximum atomic E-state index is 12.7. The quantitative estimate of drug-likeness (QED) is 0.686. The van der Waals surface area contributed by atoms with E-state index < -0.39 is 17.9 Å². The van der Waals surface area contributed by atoms with Crippen molar-refractivity contribution in [2.75, 3.05) is 0 Å². The smallest absolute Gasteiger partial charge is 0.227 e. The minimum absolute atomic E-state index is 0.192. The van der Waals surface area contributed by atoms with Crippen LogP contribution in [0.4, 0.5) is 13.2 Å². The fourth-order valence-electron chi connectivity index (χ4n) is 0.817. The molecule has 66 valence electrons. The van der Waals surface area contributed by atoms with Gasteiger partial charge in [0.25, 0.3) is 6.43 Å². The zero-order valence-electron chi connectivity index (χ0n) is 6.11. The average Bonchev–Trinajstić information content (AvgIpc) is 1.97. The minimum Gasteiger partial charge on any atom is -0.227 e. The first-order chi connectivity index (χ1) is 5.54. The molecule has 1 nitrogen and oxygen atoms in total. The monoisotopic (exact) mass is 239 g/mol. The molecule has 0 bridgehead atoms. The topological polar surface area (TPSA) is 12.9 Å². The standard InChI is InChI=1S/C7H5BrF3N/c1-3-4(8)2-12-7(11)5(3)6(9)10/h2,6H,1H3. The molecular weight excluding hydrogens is 235 g/mol. The van der Waals surface area contributed by atoms with Gasteiger partial charge in [0.2, 0.25) is 5.95 Å². The summed E-state index contributed by atoms with van der Waals surface area (Å²) in [5, 5.41) is 0. The molecule has 1 aromatic rings. The predicted molar refractivity (Wildman–Crippen MR) is 41.6 cm³/mol. The average molecular weight is 240 g/mol. The Morgan fingerprint density at radius 1 is 1.50 bits per heavy atom. The molecule has 0 fully saturated rings. The number of hydrogen-bond acceptors (Lipinski definition) is 1. The normalized spacial score (nSPS) is 10.8. The van der Waals surface area contributed by atoms with Crippen LogP contribution in [0.5, 0.6) is 0 Å². The lowest BCUT2D eigenvalue weighted by molar-refractivity contribution is 0.144. The highest BCUT2D eigenvalue weighted by Crippen LogP contribution is 2.28. The van der Waals surface area contributed by atoms with Gasteiger partial charge in [0.05, 0.1) is 5.56 Å². The summed E-state index contributed by atoms with van der Waals surface area (Å²) in [6.45, 7) is 1.41. The number of alkyl halides is 2. The molecule has 0 saturated heterocycles. The lowest BCUT2D eigenvalue weighted by Gasteiger charge is -2.06. The summed E-state index contributed by atoms with van der Waals surface area (Å²) in [7, 11) is 0. The second-order valence-corrected chi connectivity index (χ2v) is 3.09. The molecule has 0 N–H and O–H groups in total. The molecule has 1 heterocycles. The van der Waals surface area contributed by atoms with Gasteiger partial charge in [-0.3, -0.25) is 0 Å². The van der Waals surface area contributed by atoms with Crippen molar-refractivity contribution in [2.45, 2.75) is 13.3 Å². The van der Waals surface area contributed by atoms with Gasteiger partial charge in [0, 0.05) is 10.7 Å². The van der Waals surface area contributed by atoms with Crippen molar-refractivity contribution in [2.24, 2.45) is 0 Å². The Labute approximate surface area is 75.7 Å². The molecule has 0 unspecified atom stereocenters. The van der Waals surface area contributed by atoms with Crippen molar-refractivity contribution in [3.8, 4) is 0 Å². The molecule has 0 aromatic carbocycles. The van der Waals surface area contributed by atoms with Crippen LogP contribution in [0.2, 0.25) is 0 Å². The maximum Gasteiger partial charge on any atom is 0.268 e. The molecule has 0 aliphatic heterocycles. The molecule has 5 heteroatoms. The zero-order chi connectivity index (χ0) is 9.30. The first-order valence-electron chi connectivity index (χ1n) is 3.12. The van der Waals surface area contributed by atoms with Gasteiger partial charge >= 0.3 is 0 Å². The van der Waals surface area contributed by atoms with Crippen LogP contribution in [0.25, 0.3) is 0 Å². The van der Waals surface area contributed by atoms with Crippen LogP contribution in [0, 0.1) is 12.9 Å². The van der Waals surface area contributed by atoms with E-state index in [1.54, 1.807) is 0 Å². The summed E-state index contributed by atoms with van der Waals surface area (Å²) < 4.78 is 37.4. The molecule has 0 aliphatic rings. The molecule has 0 spiro atoms. The van der Waals surface area contributed by atoms with Crippen LogP contribution >= 0.6 is 15.9 Å². The van der Waals surface area contributed by atoms with Gasteiger partial charge in [0.15, 0.2) is 0 Å². The number of nitrogens with zero attached hydrogens (tertiary/aromatic N) is 1. The van der Waals surface area contributed by atoms with Gasteiger partial charge in [0.1, 0.15) is 0 Å². The number of rotatable bonds is 1. The lowest BCUT2D eigenvalue weighted by atomic mass is 10.2. The van der Waals surface area contributed by atoms with Crippen LogP contribution < -0.4 is 0 Å². The van der Waals surface area contributed by atoms with E-state index in [2.05, 4.69) is 20.9 Å². The van der Waals surface area contributed by atoms with Gasteiger partial charge in [-0.2, -0.15) is 4.39 Å². The Morgan fingerprint density at radius 3 is 2.50 bits per heavy atom. The number of halogens is 4. The summed E-state index contributed by atoms with van der Waals surface area (Å²) in [5.41, 5.74) is -0.443. The van der Waals surface area contributed by atoms with Crippen LogP contribution in [0.1, 0.15) is 17.6 Å². The van der Waals surface area contributed by atoms with Crippen molar-refractivity contribution >= 4 is 15.9 Å². The van der Waals surface area contributed by atoms with Gasteiger partial charge < -0.3 is 0 Å². The van der Waals surface area contributed by atoms with E-state index in [0.29, 0.717) is 4.47 Å². The number of hydrogen-bond donors (Lipinski definition) is 0. The molecule has 0 amide bonds. The first kappa shape index (κ1) is 9.51. The highest BCUT2D eigenvalue weighted by Gasteiger charge is 2.18. The molecule has 12 heavy (non-hydrogen) atoms. The van der Waals surface area contributed by atoms with E-state index in [4.69, 9.17) is 0 Å². The van der Waals surface area contributed by atoms with E-state index >= 15 is 0 Å². The number of pyridine rings is 1. The highest BCUT2D eigenvalue weighted by atomic mass is 79.9. The Bertz CT molecular complexity index is 301. The Kier molecular flexibility index (Phi) is 2.72. The molecule has 1 rings (SSSR count). The SMILES string of the molecule is Cc1c(Br)cnc(F)c1C(F)F. The summed E-state index contributed by atoms with van der Waals surface area (Å²) in [4.78, 5) is 3.17. The van der Waals surface area contributed by atoms with Crippen LogP contribution in [0.15, 0.2) is 10.7 Å². The van der Waals surface area contributed by atoms with E-state index in [1.807, 2.05) is 0 Å². The predicted octanol–water partition coefficient (Wildman–Crippen LogP) is 3.23. The first-order valence-corrected chi connectivity index (χ1v) is 3.92. The van der Waals surface area contributed by atoms with E-state index in [0.717, 1.165) is 6.20 Å². The van der Waals surface area contributed by atoms with Gasteiger partial charge in [-0.25, -0.2) is 13.8 Å². The summed E-state index contributed by atoms with van der Waals surface area (Å²) in [6, 6.07) is 0. The van der Waals surface area contributed by atoms with Gasteiger partial charge in [-0.05, 0) is 28.4 Å². The second kappa shape index (κ2) is 3.43. The minimum atomic E-state index is -2.82. The van der Waals surface area contributed by atoms with Crippen LogP contribution in [0.3, 0.4) is 0 Å². The van der Waals surface area contributed by atoms with Crippen molar-refractivity contribution in [3.63, 3.8) is 0 Å². The van der Waals surface area contributed by atoms with Gasteiger partial charge in [-0.1, -0.05) is 0 Å². The van der Waals surface area contributed by atoms with Crippen molar-refractivity contribution in [1.29, 1.82) is 0 Å². The summed E-state index contributed by atoms with van der Waals surface area (Å²) >= 11 is 2.99. The fourth-order valence-corrected chi connectivity index (χ4v) is 1.13. The van der Waals surface area contributed by atoms with Crippen molar-refractivity contribution in [3.05, 3.63) is 27.7 Å². The van der Waals surface area contributed by atoms with Crippen molar-refractivity contribution < 1.29 is 13.2 Å². The Hall–Kier alpha value is -0.580. The Balaban J connectivity index is 3.33. The Morgan fingerprint density at radius 2 is 2.08 bits per heavy atom.